The highest BCUT2D eigenvalue weighted by Gasteiger charge is 2.09. The molecular weight excluding hydrogens is 135 g/mol. The summed E-state index contributed by atoms with van der Waals surface area (Å²) in [5.41, 5.74) is 0.767. The van der Waals surface area contributed by atoms with Gasteiger partial charge < -0.3 is 0 Å². The zero-order chi connectivity index (χ0) is 6.62. The Hall–Kier alpha value is 0.765. The molecule has 0 aliphatic heterocycles. The van der Waals surface area contributed by atoms with E-state index in [1.807, 2.05) is 0 Å². The van der Waals surface area contributed by atoms with E-state index in [2.05, 4.69) is 25.5 Å². The minimum Gasteiger partial charge on any atom is -0.204 e. The standard InChI is InChI=1S/C5H13BS2/c1-3-8(7,4-2)5-6/h7H,3-5H2,1-2H3. The van der Waals surface area contributed by atoms with E-state index >= 15 is 0 Å². The summed E-state index contributed by atoms with van der Waals surface area (Å²) in [7, 11) is 4.81. The van der Waals surface area contributed by atoms with Crippen LogP contribution < -0.4 is 0 Å². The van der Waals surface area contributed by atoms with E-state index in [0.717, 1.165) is 17.2 Å². The van der Waals surface area contributed by atoms with Gasteiger partial charge in [-0.2, -0.15) is 0 Å². The molecule has 0 unspecified atom stereocenters. The quantitative estimate of drug-likeness (QED) is 0.352. The summed E-state index contributed by atoms with van der Waals surface area (Å²) in [6.45, 7) is 4.30. The molecule has 0 rings (SSSR count). The summed E-state index contributed by atoms with van der Waals surface area (Å²) in [6.07, 6.45) is 0. The van der Waals surface area contributed by atoms with Crippen molar-refractivity contribution in [3.63, 3.8) is 0 Å². The first-order chi connectivity index (χ1) is 3.68. The average molecular weight is 148 g/mol. The molecule has 0 amide bonds. The molecule has 0 N–H and O–H groups in total. The third-order valence-corrected chi connectivity index (χ3v) is 6.15. The Kier molecular flexibility index (Phi) is 4.08. The van der Waals surface area contributed by atoms with Gasteiger partial charge in [0.05, 0.1) is 7.85 Å². The minimum atomic E-state index is -0.681. The predicted molar refractivity (Wildman–Crippen MR) is 48.3 cm³/mol. The molecular formula is C5H13BS2. The average Bonchev–Trinajstić information content (AvgIpc) is 1.87. The SMILES string of the molecule is [B]CS(S)(CC)CC. The van der Waals surface area contributed by atoms with Crippen molar-refractivity contribution < 1.29 is 0 Å². The largest absolute Gasteiger partial charge is 0.204 e. The topological polar surface area (TPSA) is 0 Å². The molecule has 0 aliphatic rings. The second-order valence-electron chi connectivity index (χ2n) is 1.74. The van der Waals surface area contributed by atoms with Gasteiger partial charge in [-0.25, -0.2) is 9.06 Å². The maximum atomic E-state index is 5.49. The molecule has 0 bridgehead atoms. The van der Waals surface area contributed by atoms with Crippen molar-refractivity contribution in [3.05, 3.63) is 0 Å². The first kappa shape index (κ1) is 8.76. The van der Waals surface area contributed by atoms with Crippen LogP contribution in [-0.2, 0) is 0 Å². The van der Waals surface area contributed by atoms with Crippen LogP contribution in [0.25, 0.3) is 0 Å². The molecule has 0 aromatic rings. The highest BCUT2D eigenvalue weighted by molar-refractivity contribution is 8.88. The maximum Gasteiger partial charge on any atom is 0.0788 e. The Morgan fingerprint density at radius 1 is 1.38 bits per heavy atom. The highest BCUT2D eigenvalue weighted by atomic mass is 33.1. The molecule has 0 aromatic carbocycles. The Bertz CT molecular complexity index is 53.2. The van der Waals surface area contributed by atoms with E-state index in [1.54, 1.807) is 0 Å². The third kappa shape index (κ3) is 2.36. The van der Waals surface area contributed by atoms with Crippen molar-refractivity contribution in [1.82, 2.24) is 0 Å². The second-order valence-corrected chi connectivity index (χ2v) is 7.55. The molecule has 0 aliphatic carbocycles. The van der Waals surface area contributed by atoms with Gasteiger partial charge in [0.15, 0.2) is 0 Å². The van der Waals surface area contributed by atoms with Crippen molar-refractivity contribution in [3.8, 4) is 0 Å². The molecule has 0 aromatic heterocycles. The van der Waals surface area contributed by atoms with Crippen LogP contribution >= 0.6 is 20.7 Å². The Labute approximate surface area is 60.0 Å². The number of thiol groups is 1. The van der Waals surface area contributed by atoms with Gasteiger partial charge in [0, 0.05) is 0 Å². The van der Waals surface area contributed by atoms with Crippen molar-refractivity contribution >= 4 is 28.6 Å². The molecule has 8 heavy (non-hydrogen) atoms. The summed E-state index contributed by atoms with van der Waals surface area (Å²) in [5.74, 6) is 2.28. The Morgan fingerprint density at radius 3 is 1.75 bits per heavy atom. The van der Waals surface area contributed by atoms with Gasteiger partial charge in [0.2, 0.25) is 0 Å². The summed E-state index contributed by atoms with van der Waals surface area (Å²) in [5, 5.41) is 0. The van der Waals surface area contributed by atoms with Crippen LogP contribution in [0.5, 0.6) is 0 Å². The fourth-order valence-electron chi connectivity index (χ4n) is 0.440. The molecule has 3 heteroatoms. The van der Waals surface area contributed by atoms with E-state index in [4.69, 9.17) is 7.85 Å². The molecule has 0 spiro atoms. The normalized spacial score (nSPS) is 13.9. The first-order valence-electron chi connectivity index (χ1n) is 2.87. The van der Waals surface area contributed by atoms with E-state index < -0.39 is 9.06 Å². The number of rotatable bonds is 3. The van der Waals surface area contributed by atoms with E-state index in [0.29, 0.717) is 0 Å². The number of hydrogen-bond donors (Lipinski definition) is 1. The monoisotopic (exact) mass is 148 g/mol. The third-order valence-electron chi connectivity index (χ3n) is 1.38. The second kappa shape index (κ2) is 3.73. The van der Waals surface area contributed by atoms with Gasteiger partial charge in [0.1, 0.15) is 0 Å². The van der Waals surface area contributed by atoms with Gasteiger partial charge in [-0.1, -0.05) is 19.5 Å². The smallest absolute Gasteiger partial charge is 0.0788 e. The molecule has 0 saturated carbocycles. The summed E-state index contributed by atoms with van der Waals surface area (Å²) < 4.78 is 0. The zero-order valence-corrected chi connectivity index (χ0v) is 7.27. The summed E-state index contributed by atoms with van der Waals surface area (Å²) in [4.78, 5) is 0. The lowest BCUT2D eigenvalue weighted by Gasteiger charge is -2.30. The Morgan fingerprint density at radius 2 is 1.75 bits per heavy atom. The lowest BCUT2D eigenvalue weighted by Crippen LogP contribution is -2.02. The van der Waals surface area contributed by atoms with Crippen LogP contribution in [0.1, 0.15) is 13.8 Å². The van der Waals surface area contributed by atoms with Crippen LogP contribution in [0.2, 0.25) is 0 Å². The van der Waals surface area contributed by atoms with Gasteiger partial charge in [0.25, 0.3) is 0 Å². The molecule has 0 atom stereocenters. The molecule has 48 valence electrons. The van der Waals surface area contributed by atoms with Crippen LogP contribution in [0.15, 0.2) is 0 Å². The van der Waals surface area contributed by atoms with Crippen molar-refractivity contribution in [2.45, 2.75) is 13.8 Å². The molecule has 0 fully saturated rings. The number of hydrogen-bond acceptors (Lipinski definition) is 1. The molecule has 0 saturated heterocycles. The molecule has 0 heterocycles. The lowest BCUT2D eigenvalue weighted by atomic mass is 10.2. The van der Waals surface area contributed by atoms with E-state index in [1.165, 1.54) is 0 Å². The van der Waals surface area contributed by atoms with Crippen LogP contribution in [0, 0.1) is 0 Å². The fourth-order valence-corrected chi connectivity index (χ4v) is 1.32. The Balaban J connectivity index is 3.58. The van der Waals surface area contributed by atoms with Crippen molar-refractivity contribution in [2.24, 2.45) is 0 Å². The van der Waals surface area contributed by atoms with Gasteiger partial charge in [-0.15, -0.1) is 11.7 Å². The first-order valence-corrected chi connectivity index (χ1v) is 6.06. The summed E-state index contributed by atoms with van der Waals surface area (Å²) in [6, 6.07) is 0. The zero-order valence-electron chi connectivity index (χ0n) is 5.55. The van der Waals surface area contributed by atoms with Crippen LogP contribution in [0.4, 0.5) is 0 Å². The predicted octanol–water partition coefficient (Wildman–Crippen LogP) is 1.80. The molecule has 2 radical (unpaired) electrons. The van der Waals surface area contributed by atoms with Gasteiger partial charge in [-0.05, 0) is 11.5 Å². The fraction of sp³-hybridized carbons (Fsp3) is 1.00. The van der Waals surface area contributed by atoms with Gasteiger partial charge >= 0.3 is 0 Å². The van der Waals surface area contributed by atoms with E-state index in [9.17, 15) is 0 Å². The lowest BCUT2D eigenvalue weighted by molar-refractivity contribution is 1.43. The molecule has 0 nitrogen and oxygen atoms in total. The maximum absolute atomic E-state index is 5.49. The summed E-state index contributed by atoms with van der Waals surface area (Å²) >= 11 is 4.48. The van der Waals surface area contributed by atoms with Gasteiger partial charge in [-0.3, -0.25) is 0 Å². The van der Waals surface area contributed by atoms with Crippen molar-refractivity contribution in [2.75, 3.05) is 17.2 Å². The van der Waals surface area contributed by atoms with E-state index in [-0.39, 0.29) is 0 Å². The minimum absolute atomic E-state index is 0.681. The van der Waals surface area contributed by atoms with Crippen molar-refractivity contribution in [1.29, 1.82) is 0 Å². The van der Waals surface area contributed by atoms with Crippen LogP contribution in [-0.4, -0.2) is 25.0 Å². The highest BCUT2D eigenvalue weighted by Crippen LogP contribution is 2.50. The van der Waals surface area contributed by atoms with Crippen LogP contribution in [0.3, 0.4) is 0 Å².